The van der Waals surface area contributed by atoms with E-state index in [4.69, 9.17) is 11.6 Å². The van der Waals surface area contributed by atoms with Gasteiger partial charge in [0.1, 0.15) is 0 Å². The molecule has 0 aliphatic carbocycles. The molecule has 0 atom stereocenters. The Kier molecular flexibility index (Phi) is 3.66. The zero-order chi connectivity index (χ0) is 8.10. The monoisotopic (exact) mass is 188 g/mol. The zero-order valence-corrected chi connectivity index (χ0v) is 7.82. The van der Waals surface area contributed by atoms with Crippen LogP contribution in [0.4, 0.5) is 0 Å². The second kappa shape index (κ2) is 4.57. The minimum absolute atomic E-state index is 0.318. The fourth-order valence-electron chi connectivity index (χ4n) is 0.688. The first-order valence-electron chi connectivity index (χ1n) is 3.28. The second-order valence-electron chi connectivity index (χ2n) is 2.10. The number of halogens is 1. The number of rotatable bonds is 3. The molecule has 1 aromatic heterocycles. The molecule has 0 amide bonds. The highest BCUT2D eigenvalue weighted by Crippen LogP contribution is 2.04. The lowest BCUT2D eigenvalue weighted by Crippen LogP contribution is -1.91. The lowest BCUT2D eigenvalue weighted by atomic mass is 10.3. The molecule has 0 spiro atoms. The fraction of sp³-hybridized carbons (Fsp3) is 0.429. The van der Waals surface area contributed by atoms with E-state index >= 15 is 0 Å². The molecule has 11 heavy (non-hydrogen) atoms. The van der Waals surface area contributed by atoms with Gasteiger partial charge in [0, 0.05) is 12.4 Å². The molecule has 0 aliphatic rings. The molecule has 0 saturated heterocycles. The van der Waals surface area contributed by atoms with E-state index in [1.54, 1.807) is 12.4 Å². The van der Waals surface area contributed by atoms with E-state index in [9.17, 15) is 0 Å². The maximum absolute atomic E-state index is 5.52. The fourth-order valence-corrected chi connectivity index (χ4v) is 1.23. The van der Waals surface area contributed by atoms with Gasteiger partial charge in [-0.2, -0.15) is 11.8 Å². The van der Waals surface area contributed by atoms with Gasteiger partial charge in [0.2, 0.25) is 5.28 Å². The lowest BCUT2D eigenvalue weighted by molar-refractivity contribution is 1.05. The molecule has 0 N–H and O–H groups in total. The van der Waals surface area contributed by atoms with E-state index in [2.05, 4.69) is 16.2 Å². The molecule has 1 heterocycles. The van der Waals surface area contributed by atoms with Crippen LogP contribution in [0.3, 0.4) is 0 Å². The molecule has 1 rings (SSSR count). The molecule has 0 aromatic carbocycles. The predicted octanol–water partition coefficient (Wildman–Crippen LogP) is 2.04. The normalized spacial score (nSPS) is 10.0. The third-order valence-electron chi connectivity index (χ3n) is 1.27. The summed E-state index contributed by atoms with van der Waals surface area (Å²) in [6.07, 6.45) is 6.63. The van der Waals surface area contributed by atoms with E-state index < -0.39 is 0 Å². The van der Waals surface area contributed by atoms with Crippen LogP contribution in [0, 0.1) is 0 Å². The summed E-state index contributed by atoms with van der Waals surface area (Å²) in [7, 11) is 0. The highest BCUT2D eigenvalue weighted by molar-refractivity contribution is 7.98. The molecule has 0 bridgehead atoms. The number of nitrogens with zero attached hydrogens (tertiary/aromatic N) is 2. The molecular weight excluding hydrogens is 180 g/mol. The molecule has 0 fully saturated rings. The Bertz CT molecular complexity index is 212. The van der Waals surface area contributed by atoms with Crippen LogP contribution < -0.4 is 0 Å². The van der Waals surface area contributed by atoms with Crippen LogP contribution >= 0.6 is 23.4 Å². The maximum atomic E-state index is 5.52. The van der Waals surface area contributed by atoms with Crippen molar-refractivity contribution in [3.63, 3.8) is 0 Å². The summed E-state index contributed by atoms with van der Waals surface area (Å²) in [5.41, 5.74) is 1.14. The largest absolute Gasteiger partial charge is 0.226 e. The molecule has 4 heteroatoms. The van der Waals surface area contributed by atoms with Crippen LogP contribution in [0.2, 0.25) is 5.28 Å². The predicted molar refractivity (Wildman–Crippen MR) is 49.1 cm³/mol. The van der Waals surface area contributed by atoms with Crippen molar-refractivity contribution in [2.45, 2.75) is 6.42 Å². The quantitative estimate of drug-likeness (QED) is 0.679. The highest BCUT2D eigenvalue weighted by atomic mass is 35.5. The highest BCUT2D eigenvalue weighted by Gasteiger charge is 1.93. The Morgan fingerprint density at radius 1 is 1.45 bits per heavy atom. The lowest BCUT2D eigenvalue weighted by Gasteiger charge is -1.96. The summed E-state index contributed by atoms with van der Waals surface area (Å²) in [6, 6.07) is 0. The van der Waals surface area contributed by atoms with Crippen LogP contribution in [0.1, 0.15) is 5.56 Å². The van der Waals surface area contributed by atoms with Crippen molar-refractivity contribution in [3.8, 4) is 0 Å². The summed E-state index contributed by atoms with van der Waals surface area (Å²) in [5, 5.41) is 0.318. The SMILES string of the molecule is CSCCc1cnc(Cl)nc1. The molecule has 0 aliphatic heterocycles. The van der Waals surface area contributed by atoms with Crippen molar-refractivity contribution >= 4 is 23.4 Å². The van der Waals surface area contributed by atoms with E-state index in [0.29, 0.717) is 5.28 Å². The standard InChI is InChI=1S/C7H9ClN2S/c1-11-3-2-6-4-9-7(8)10-5-6/h4-5H,2-3H2,1H3. The van der Waals surface area contributed by atoms with Crippen LogP contribution in [-0.4, -0.2) is 22.0 Å². The Morgan fingerprint density at radius 3 is 2.64 bits per heavy atom. The first kappa shape index (κ1) is 8.81. The Morgan fingerprint density at radius 2 is 2.09 bits per heavy atom. The Labute approximate surface area is 75.4 Å². The number of aryl methyl sites for hydroxylation is 1. The van der Waals surface area contributed by atoms with Gasteiger partial charge in [-0.25, -0.2) is 9.97 Å². The molecule has 0 saturated carbocycles. The molecule has 0 unspecified atom stereocenters. The van der Waals surface area contributed by atoms with Gasteiger partial charge >= 0.3 is 0 Å². The van der Waals surface area contributed by atoms with Crippen molar-refractivity contribution in [2.75, 3.05) is 12.0 Å². The summed E-state index contributed by atoms with van der Waals surface area (Å²) in [4.78, 5) is 7.75. The smallest absolute Gasteiger partial charge is 0.222 e. The van der Waals surface area contributed by atoms with Crippen LogP contribution in [-0.2, 0) is 6.42 Å². The molecular formula is C7H9ClN2S. The van der Waals surface area contributed by atoms with Gasteiger partial charge in [-0.15, -0.1) is 0 Å². The maximum Gasteiger partial charge on any atom is 0.222 e. The number of hydrogen-bond acceptors (Lipinski definition) is 3. The van der Waals surface area contributed by atoms with Crippen molar-refractivity contribution in [1.82, 2.24) is 9.97 Å². The summed E-state index contributed by atoms with van der Waals surface area (Å²) < 4.78 is 0. The summed E-state index contributed by atoms with van der Waals surface area (Å²) in [5.74, 6) is 1.10. The second-order valence-corrected chi connectivity index (χ2v) is 3.43. The van der Waals surface area contributed by atoms with Crippen LogP contribution in [0.5, 0.6) is 0 Å². The van der Waals surface area contributed by atoms with Gasteiger partial charge < -0.3 is 0 Å². The van der Waals surface area contributed by atoms with Gasteiger partial charge in [-0.05, 0) is 35.6 Å². The number of thioether (sulfide) groups is 1. The Balaban J connectivity index is 2.52. The van der Waals surface area contributed by atoms with E-state index in [-0.39, 0.29) is 0 Å². The van der Waals surface area contributed by atoms with Crippen molar-refractivity contribution in [3.05, 3.63) is 23.2 Å². The summed E-state index contributed by atoms with van der Waals surface area (Å²) >= 11 is 7.33. The number of hydrogen-bond donors (Lipinski definition) is 0. The molecule has 60 valence electrons. The van der Waals surface area contributed by atoms with Gasteiger partial charge in [-0.3, -0.25) is 0 Å². The average Bonchev–Trinajstić information content (AvgIpc) is 2.04. The molecule has 1 aromatic rings. The van der Waals surface area contributed by atoms with E-state index in [0.717, 1.165) is 17.7 Å². The molecule has 0 radical (unpaired) electrons. The minimum atomic E-state index is 0.318. The molecule has 2 nitrogen and oxygen atoms in total. The van der Waals surface area contributed by atoms with Gasteiger partial charge in [0.15, 0.2) is 0 Å². The first-order chi connectivity index (χ1) is 5.33. The minimum Gasteiger partial charge on any atom is -0.226 e. The summed E-state index contributed by atoms with van der Waals surface area (Å²) in [6.45, 7) is 0. The Hall–Kier alpha value is -0.280. The van der Waals surface area contributed by atoms with Gasteiger partial charge in [0.05, 0.1) is 0 Å². The third kappa shape index (κ3) is 3.08. The van der Waals surface area contributed by atoms with Crippen LogP contribution in [0.15, 0.2) is 12.4 Å². The van der Waals surface area contributed by atoms with Crippen molar-refractivity contribution < 1.29 is 0 Å². The van der Waals surface area contributed by atoms with Gasteiger partial charge in [0.25, 0.3) is 0 Å². The van der Waals surface area contributed by atoms with Crippen molar-refractivity contribution in [2.24, 2.45) is 0 Å². The third-order valence-corrected chi connectivity index (χ3v) is 2.08. The van der Waals surface area contributed by atoms with E-state index in [1.165, 1.54) is 0 Å². The zero-order valence-electron chi connectivity index (χ0n) is 6.25. The van der Waals surface area contributed by atoms with Crippen LogP contribution in [0.25, 0.3) is 0 Å². The average molecular weight is 189 g/mol. The van der Waals surface area contributed by atoms with Gasteiger partial charge in [-0.1, -0.05) is 0 Å². The first-order valence-corrected chi connectivity index (χ1v) is 5.05. The van der Waals surface area contributed by atoms with E-state index in [1.807, 2.05) is 11.8 Å². The number of aromatic nitrogens is 2. The topological polar surface area (TPSA) is 25.8 Å². The van der Waals surface area contributed by atoms with Crippen molar-refractivity contribution in [1.29, 1.82) is 0 Å².